The molecule has 1 atom stereocenters. The Hall–Kier alpha value is -0.790. The fourth-order valence-electron chi connectivity index (χ4n) is 1.33. The predicted octanol–water partition coefficient (Wildman–Crippen LogP) is 3.90. The van der Waals surface area contributed by atoms with E-state index in [0.29, 0.717) is 11.4 Å². The van der Waals surface area contributed by atoms with Gasteiger partial charge in [0.05, 0.1) is 5.60 Å². The Morgan fingerprint density at radius 1 is 1.33 bits per heavy atom. The third kappa shape index (κ3) is 3.69. The number of rotatable bonds is 3. The largest absolute Gasteiger partial charge is 0.385 e. The molecule has 0 heterocycles. The van der Waals surface area contributed by atoms with Crippen LogP contribution in [0.25, 0.3) is 0 Å². The van der Waals surface area contributed by atoms with Gasteiger partial charge in [0.15, 0.2) is 0 Å². The van der Waals surface area contributed by atoms with Gasteiger partial charge in [-0.3, -0.25) is 0 Å². The molecule has 1 N–H and O–H groups in total. The Morgan fingerprint density at radius 2 is 1.87 bits per heavy atom. The standard InChI is InChI=1S/C13H17ClO/c1-10(2)8-9-13(3,15)11-4-6-12(14)7-5-11/h4-8,15H,9H2,1-3H3. The summed E-state index contributed by atoms with van der Waals surface area (Å²) in [4.78, 5) is 0. The minimum absolute atomic E-state index is 0.622. The van der Waals surface area contributed by atoms with Crippen LogP contribution in [0.4, 0.5) is 0 Å². The summed E-state index contributed by atoms with van der Waals surface area (Å²) in [5.74, 6) is 0. The summed E-state index contributed by atoms with van der Waals surface area (Å²) in [5.41, 5.74) is 1.29. The van der Waals surface area contributed by atoms with Gasteiger partial charge in [0, 0.05) is 5.02 Å². The Labute approximate surface area is 96.4 Å². The molecule has 1 rings (SSSR count). The summed E-state index contributed by atoms with van der Waals surface area (Å²) in [6.07, 6.45) is 2.66. The van der Waals surface area contributed by atoms with Crippen LogP contribution >= 0.6 is 11.6 Å². The zero-order valence-corrected chi connectivity index (χ0v) is 10.2. The van der Waals surface area contributed by atoms with Crippen LogP contribution in [0.1, 0.15) is 32.8 Å². The lowest BCUT2D eigenvalue weighted by Crippen LogP contribution is -2.19. The summed E-state index contributed by atoms with van der Waals surface area (Å²) >= 11 is 5.80. The zero-order chi connectivity index (χ0) is 11.5. The zero-order valence-electron chi connectivity index (χ0n) is 9.42. The summed E-state index contributed by atoms with van der Waals surface area (Å²) in [5, 5.41) is 10.9. The second-order valence-corrected chi connectivity index (χ2v) is 4.70. The van der Waals surface area contributed by atoms with Crippen LogP contribution in [-0.4, -0.2) is 5.11 Å². The van der Waals surface area contributed by atoms with Crippen LogP contribution < -0.4 is 0 Å². The van der Waals surface area contributed by atoms with Crippen molar-refractivity contribution < 1.29 is 5.11 Å². The molecule has 1 unspecified atom stereocenters. The first-order valence-corrected chi connectivity index (χ1v) is 5.41. The average Bonchev–Trinajstić information content (AvgIpc) is 2.16. The summed E-state index contributed by atoms with van der Waals surface area (Å²) in [7, 11) is 0. The van der Waals surface area contributed by atoms with E-state index in [-0.39, 0.29) is 0 Å². The third-order valence-electron chi connectivity index (χ3n) is 2.37. The molecule has 0 fully saturated rings. The van der Waals surface area contributed by atoms with Crippen LogP contribution in [0.5, 0.6) is 0 Å². The number of halogens is 1. The Kier molecular flexibility index (Phi) is 3.95. The molecule has 0 radical (unpaired) electrons. The molecule has 0 aliphatic heterocycles. The van der Waals surface area contributed by atoms with Crippen molar-refractivity contribution in [2.75, 3.05) is 0 Å². The van der Waals surface area contributed by atoms with Crippen molar-refractivity contribution in [2.45, 2.75) is 32.8 Å². The van der Waals surface area contributed by atoms with Crippen LogP contribution in [0.15, 0.2) is 35.9 Å². The maximum absolute atomic E-state index is 10.2. The van der Waals surface area contributed by atoms with Gasteiger partial charge >= 0.3 is 0 Å². The molecule has 2 heteroatoms. The minimum atomic E-state index is -0.818. The van der Waals surface area contributed by atoms with Crippen molar-refractivity contribution in [3.05, 3.63) is 46.5 Å². The molecule has 1 nitrogen and oxygen atoms in total. The lowest BCUT2D eigenvalue weighted by atomic mass is 9.92. The average molecular weight is 225 g/mol. The van der Waals surface area contributed by atoms with Gasteiger partial charge in [-0.05, 0) is 44.9 Å². The minimum Gasteiger partial charge on any atom is -0.385 e. The van der Waals surface area contributed by atoms with Crippen molar-refractivity contribution >= 4 is 11.6 Å². The summed E-state index contributed by atoms with van der Waals surface area (Å²) in [6.45, 7) is 5.87. The van der Waals surface area contributed by atoms with E-state index in [1.807, 2.05) is 39.0 Å². The maximum Gasteiger partial charge on any atom is 0.0902 e. The Bertz CT molecular complexity index is 345. The van der Waals surface area contributed by atoms with E-state index in [1.54, 1.807) is 12.1 Å². The van der Waals surface area contributed by atoms with E-state index in [0.717, 1.165) is 5.56 Å². The van der Waals surface area contributed by atoms with Gasteiger partial charge in [-0.1, -0.05) is 35.4 Å². The number of benzene rings is 1. The fourth-order valence-corrected chi connectivity index (χ4v) is 1.46. The fraction of sp³-hybridized carbons (Fsp3) is 0.385. The number of hydrogen-bond donors (Lipinski definition) is 1. The molecule has 0 spiro atoms. The molecule has 1 aromatic rings. The predicted molar refractivity (Wildman–Crippen MR) is 65.1 cm³/mol. The highest BCUT2D eigenvalue weighted by Gasteiger charge is 2.21. The van der Waals surface area contributed by atoms with E-state index in [4.69, 9.17) is 11.6 Å². The molecular formula is C13H17ClO. The lowest BCUT2D eigenvalue weighted by Gasteiger charge is -2.22. The molecule has 82 valence electrons. The number of allylic oxidation sites excluding steroid dienone is 1. The topological polar surface area (TPSA) is 20.2 Å². The Balaban J connectivity index is 2.85. The van der Waals surface area contributed by atoms with Crippen LogP contribution in [-0.2, 0) is 5.60 Å². The van der Waals surface area contributed by atoms with Crippen LogP contribution in [0.2, 0.25) is 5.02 Å². The Morgan fingerprint density at radius 3 is 2.33 bits per heavy atom. The highest BCUT2D eigenvalue weighted by atomic mass is 35.5. The van der Waals surface area contributed by atoms with Gasteiger partial charge in [0.2, 0.25) is 0 Å². The molecule has 0 aromatic heterocycles. The molecule has 0 aliphatic rings. The van der Waals surface area contributed by atoms with Crippen LogP contribution in [0.3, 0.4) is 0 Å². The quantitative estimate of drug-likeness (QED) is 0.772. The molecule has 0 aliphatic carbocycles. The van der Waals surface area contributed by atoms with Gasteiger partial charge in [0.1, 0.15) is 0 Å². The van der Waals surface area contributed by atoms with Crippen molar-refractivity contribution in [1.29, 1.82) is 0 Å². The second kappa shape index (κ2) is 4.82. The lowest BCUT2D eigenvalue weighted by molar-refractivity contribution is 0.0603. The van der Waals surface area contributed by atoms with E-state index in [2.05, 4.69) is 0 Å². The first kappa shape index (κ1) is 12.3. The maximum atomic E-state index is 10.2. The van der Waals surface area contributed by atoms with Crippen molar-refractivity contribution in [1.82, 2.24) is 0 Å². The van der Waals surface area contributed by atoms with Crippen molar-refractivity contribution in [3.8, 4) is 0 Å². The highest BCUT2D eigenvalue weighted by Crippen LogP contribution is 2.26. The van der Waals surface area contributed by atoms with E-state index < -0.39 is 5.60 Å². The number of aliphatic hydroxyl groups is 1. The highest BCUT2D eigenvalue weighted by molar-refractivity contribution is 6.30. The molecular weight excluding hydrogens is 208 g/mol. The van der Waals surface area contributed by atoms with E-state index in [9.17, 15) is 5.11 Å². The smallest absolute Gasteiger partial charge is 0.0902 e. The van der Waals surface area contributed by atoms with Crippen molar-refractivity contribution in [3.63, 3.8) is 0 Å². The SMILES string of the molecule is CC(C)=CCC(C)(O)c1ccc(Cl)cc1. The van der Waals surface area contributed by atoms with Gasteiger partial charge in [-0.25, -0.2) is 0 Å². The molecule has 1 aromatic carbocycles. The van der Waals surface area contributed by atoms with Gasteiger partial charge < -0.3 is 5.11 Å². The summed E-state index contributed by atoms with van der Waals surface area (Å²) in [6, 6.07) is 7.32. The van der Waals surface area contributed by atoms with E-state index in [1.165, 1.54) is 5.57 Å². The molecule has 0 saturated heterocycles. The van der Waals surface area contributed by atoms with Crippen molar-refractivity contribution in [2.24, 2.45) is 0 Å². The number of hydrogen-bond acceptors (Lipinski definition) is 1. The summed E-state index contributed by atoms with van der Waals surface area (Å²) < 4.78 is 0. The first-order chi connectivity index (χ1) is 6.92. The first-order valence-electron chi connectivity index (χ1n) is 5.03. The molecule has 0 saturated carbocycles. The molecule has 0 amide bonds. The van der Waals surface area contributed by atoms with E-state index >= 15 is 0 Å². The molecule has 0 bridgehead atoms. The van der Waals surface area contributed by atoms with Gasteiger partial charge in [0.25, 0.3) is 0 Å². The van der Waals surface area contributed by atoms with Crippen LogP contribution in [0, 0.1) is 0 Å². The second-order valence-electron chi connectivity index (χ2n) is 4.27. The molecule has 15 heavy (non-hydrogen) atoms. The monoisotopic (exact) mass is 224 g/mol. The normalized spacial score (nSPS) is 14.5. The third-order valence-corrected chi connectivity index (χ3v) is 2.63. The van der Waals surface area contributed by atoms with Gasteiger partial charge in [-0.15, -0.1) is 0 Å². The van der Waals surface area contributed by atoms with Gasteiger partial charge in [-0.2, -0.15) is 0 Å².